The van der Waals surface area contributed by atoms with Crippen molar-refractivity contribution in [2.45, 2.75) is 35.3 Å². The molecule has 0 aromatic heterocycles. The number of esters is 1. The number of ether oxygens (including phenoxy) is 1. The molecular formula is C19H21NO3S2. The second-order valence-electron chi connectivity index (χ2n) is 6.26. The third kappa shape index (κ3) is 5.63. The first-order valence-corrected chi connectivity index (χ1v) is 9.65. The largest absolute Gasteiger partial charge is 0.591 e. The quantitative estimate of drug-likeness (QED) is 0.438. The fraction of sp³-hybridized carbons (Fsp3) is 0.263. The molecule has 0 saturated carbocycles. The van der Waals surface area contributed by atoms with E-state index in [0.717, 1.165) is 15.4 Å². The highest BCUT2D eigenvalue weighted by molar-refractivity contribution is 7.99. The summed E-state index contributed by atoms with van der Waals surface area (Å²) in [5.41, 5.74) is 1.39. The summed E-state index contributed by atoms with van der Waals surface area (Å²) in [6, 6.07) is 15.0. The predicted octanol–water partition coefficient (Wildman–Crippen LogP) is 4.51. The second kappa shape index (κ2) is 8.56. The lowest BCUT2D eigenvalue weighted by atomic mass is 10.2. The van der Waals surface area contributed by atoms with Gasteiger partial charge in [-0.1, -0.05) is 40.4 Å². The standard InChI is InChI=1S/C19H21NO3S2/c1-19(2,3)25(22)20-13-14-8-7-9-15(12-14)24-17-11-6-5-10-16(17)18(21)23-4/h5-13H,1-4H3/b20-13-. The minimum Gasteiger partial charge on any atom is -0.591 e. The molecule has 0 bridgehead atoms. The summed E-state index contributed by atoms with van der Waals surface area (Å²) in [4.78, 5) is 13.7. The van der Waals surface area contributed by atoms with Gasteiger partial charge in [-0.15, -0.1) is 0 Å². The van der Waals surface area contributed by atoms with Crippen molar-refractivity contribution in [1.82, 2.24) is 0 Å². The predicted molar refractivity (Wildman–Crippen MR) is 104 cm³/mol. The van der Waals surface area contributed by atoms with Crippen molar-refractivity contribution < 1.29 is 14.1 Å². The Morgan fingerprint density at radius 3 is 2.60 bits per heavy atom. The summed E-state index contributed by atoms with van der Waals surface area (Å²) < 4.78 is 20.6. The van der Waals surface area contributed by atoms with Gasteiger partial charge in [0.2, 0.25) is 0 Å². The van der Waals surface area contributed by atoms with E-state index >= 15 is 0 Å². The Hall–Kier alpha value is -1.76. The van der Waals surface area contributed by atoms with Gasteiger partial charge in [0.1, 0.15) is 16.1 Å². The molecule has 2 aromatic rings. The van der Waals surface area contributed by atoms with Crippen LogP contribution in [-0.4, -0.2) is 28.6 Å². The summed E-state index contributed by atoms with van der Waals surface area (Å²) >= 11 is 0.182. The molecule has 4 nitrogen and oxygen atoms in total. The third-order valence-electron chi connectivity index (χ3n) is 3.20. The van der Waals surface area contributed by atoms with Gasteiger partial charge in [-0.05, 0) is 50.6 Å². The number of methoxy groups -OCH3 is 1. The molecule has 0 heterocycles. The molecule has 0 saturated heterocycles. The molecule has 1 atom stereocenters. The summed E-state index contributed by atoms with van der Waals surface area (Å²) in [6.45, 7) is 5.66. The maximum absolute atomic E-state index is 12.0. The van der Waals surface area contributed by atoms with E-state index in [4.69, 9.17) is 4.74 Å². The smallest absolute Gasteiger partial charge is 0.339 e. The molecule has 0 aliphatic heterocycles. The van der Waals surface area contributed by atoms with Crippen LogP contribution in [0.1, 0.15) is 36.7 Å². The highest BCUT2D eigenvalue weighted by atomic mass is 32.2. The van der Waals surface area contributed by atoms with Crippen LogP contribution in [0.4, 0.5) is 0 Å². The molecule has 0 fully saturated rings. The lowest BCUT2D eigenvalue weighted by Gasteiger charge is -2.17. The molecule has 25 heavy (non-hydrogen) atoms. The average Bonchev–Trinajstić information content (AvgIpc) is 2.59. The molecule has 132 valence electrons. The van der Waals surface area contributed by atoms with E-state index in [1.165, 1.54) is 18.9 Å². The second-order valence-corrected chi connectivity index (χ2v) is 9.31. The first kappa shape index (κ1) is 19.6. The SMILES string of the molecule is COC(=O)c1ccccc1Sc1cccc(/C=N\[S+]([O-])C(C)(C)C)c1. The van der Waals surface area contributed by atoms with E-state index in [2.05, 4.69) is 4.40 Å². The van der Waals surface area contributed by atoms with Crippen LogP contribution >= 0.6 is 11.8 Å². The normalized spacial score (nSPS) is 13.0. The monoisotopic (exact) mass is 375 g/mol. The van der Waals surface area contributed by atoms with E-state index < -0.39 is 11.4 Å². The van der Waals surface area contributed by atoms with Crippen molar-refractivity contribution in [3.8, 4) is 0 Å². The topological polar surface area (TPSA) is 61.7 Å². The number of carbonyl (C=O) groups is 1. The van der Waals surface area contributed by atoms with Crippen LogP contribution < -0.4 is 0 Å². The van der Waals surface area contributed by atoms with Gasteiger partial charge in [0.15, 0.2) is 0 Å². The van der Waals surface area contributed by atoms with Gasteiger partial charge < -0.3 is 9.29 Å². The van der Waals surface area contributed by atoms with Gasteiger partial charge in [-0.25, -0.2) is 4.79 Å². The van der Waals surface area contributed by atoms with Gasteiger partial charge in [0, 0.05) is 9.79 Å². The molecule has 1 unspecified atom stereocenters. The zero-order valence-corrected chi connectivity index (χ0v) is 16.3. The van der Waals surface area contributed by atoms with E-state index in [0.29, 0.717) is 5.56 Å². The number of benzene rings is 2. The fourth-order valence-electron chi connectivity index (χ4n) is 1.89. The molecule has 0 spiro atoms. The number of nitrogens with zero attached hydrogens (tertiary/aromatic N) is 1. The molecule has 0 aliphatic carbocycles. The van der Waals surface area contributed by atoms with Gasteiger partial charge in [0.25, 0.3) is 0 Å². The molecule has 2 aromatic carbocycles. The molecule has 2 rings (SSSR count). The highest BCUT2D eigenvalue weighted by Gasteiger charge is 2.25. The van der Waals surface area contributed by atoms with E-state index in [1.54, 1.807) is 18.3 Å². The van der Waals surface area contributed by atoms with E-state index in [9.17, 15) is 9.35 Å². The minimum atomic E-state index is -1.29. The number of rotatable bonds is 5. The maximum Gasteiger partial charge on any atom is 0.339 e. The van der Waals surface area contributed by atoms with Crippen LogP contribution in [0, 0.1) is 0 Å². The summed E-state index contributed by atoms with van der Waals surface area (Å²) in [5, 5.41) is 0. The highest BCUT2D eigenvalue weighted by Crippen LogP contribution is 2.31. The van der Waals surface area contributed by atoms with Crippen molar-refractivity contribution in [2.24, 2.45) is 4.40 Å². The van der Waals surface area contributed by atoms with Crippen molar-refractivity contribution in [3.63, 3.8) is 0 Å². The molecule has 0 aliphatic rings. The van der Waals surface area contributed by atoms with Crippen molar-refractivity contribution >= 4 is 35.3 Å². The van der Waals surface area contributed by atoms with Crippen LogP contribution in [0.5, 0.6) is 0 Å². The number of carbonyl (C=O) groups excluding carboxylic acids is 1. The molecule has 0 amide bonds. The van der Waals surface area contributed by atoms with Crippen LogP contribution in [0.2, 0.25) is 0 Å². The first-order valence-electron chi connectivity index (χ1n) is 7.72. The minimum absolute atomic E-state index is 0.360. The Morgan fingerprint density at radius 1 is 1.20 bits per heavy atom. The Kier molecular flexibility index (Phi) is 6.70. The van der Waals surface area contributed by atoms with E-state index in [1.807, 2.05) is 57.2 Å². The van der Waals surface area contributed by atoms with Gasteiger partial charge in [0.05, 0.1) is 18.9 Å². The summed E-state index contributed by atoms with van der Waals surface area (Å²) in [6.07, 6.45) is 1.62. The van der Waals surface area contributed by atoms with Gasteiger partial charge in [-0.2, -0.15) is 0 Å². The third-order valence-corrected chi connectivity index (χ3v) is 5.61. The average molecular weight is 376 g/mol. The Bertz CT molecular complexity index is 769. The lowest BCUT2D eigenvalue weighted by molar-refractivity contribution is 0.0597. The van der Waals surface area contributed by atoms with E-state index in [-0.39, 0.29) is 10.7 Å². The van der Waals surface area contributed by atoms with Crippen LogP contribution in [0.15, 0.2) is 62.7 Å². The Labute approximate surface area is 156 Å². The maximum atomic E-state index is 12.0. The van der Waals surface area contributed by atoms with Crippen LogP contribution in [0.3, 0.4) is 0 Å². The molecular weight excluding hydrogens is 354 g/mol. The van der Waals surface area contributed by atoms with Gasteiger partial charge >= 0.3 is 5.97 Å². The van der Waals surface area contributed by atoms with Crippen LogP contribution in [-0.2, 0) is 16.1 Å². The number of hydrogen-bond donors (Lipinski definition) is 0. The fourth-order valence-corrected chi connectivity index (χ4v) is 3.42. The zero-order valence-electron chi connectivity index (χ0n) is 14.7. The molecule has 0 N–H and O–H groups in total. The molecule has 6 heteroatoms. The number of hydrogen-bond acceptors (Lipinski definition) is 5. The molecule has 0 radical (unpaired) electrons. The van der Waals surface area contributed by atoms with Crippen molar-refractivity contribution in [3.05, 3.63) is 59.7 Å². The van der Waals surface area contributed by atoms with Crippen LogP contribution in [0.25, 0.3) is 0 Å². The lowest BCUT2D eigenvalue weighted by Crippen LogP contribution is -2.25. The summed E-state index contributed by atoms with van der Waals surface area (Å²) in [7, 11) is 1.37. The van der Waals surface area contributed by atoms with Gasteiger partial charge in [-0.3, -0.25) is 0 Å². The zero-order chi connectivity index (χ0) is 18.4. The summed E-state index contributed by atoms with van der Waals surface area (Å²) in [5.74, 6) is -0.360. The van der Waals surface area contributed by atoms with Crippen molar-refractivity contribution in [1.29, 1.82) is 0 Å². The Morgan fingerprint density at radius 2 is 1.92 bits per heavy atom. The Balaban J connectivity index is 2.21. The first-order chi connectivity index (χ1) is 11.8. The van der Waals surface area contributed by atoms with Crippen molar-refractivity contribution in [2.75, 3.05) is 7.11 Å².